The van der Waals surface area contributed by atoms with E-state index in [1.165, 1.54) is 28.6 Å². The fraction of sp³-hybridized carbons (Fsp3) is 0.316. The van der Waals surface area contributed by atoms with E-state index in [2.05, 4.69) is 10.6 Å². The predicted octanol–water partition coefficient (Wildman–Crippen LogP) is 3.22. The molecule has 0 unspecified atom stereocenters. The molecule has 0 saturated carbocycles. The number of hydrogen-bond donors (Lipinski definition) is 2. The lowest BCUT2D eigenvalue weighted by Gasteiger charge is -2.19. The molecule has 2 N–H and O–H groups in total. The van der Waals surface area contributed by atoms with Gasteiger partial charge in [0.05, 0.1) is 17.1 Å². The molecular weight excluding hydrogens is 369 g/mol. The Hall–Kier alpha value is -2.45. The van der Waals surface area contributed by atoms with E-state index in [1.807, 2.05) is 6.92 Å². The van der Waals surface area contributed by atoms with E-state index < -0.39 is 21.7 Å². The summed E-state index contributed by atoms with van der Waals surface area (Å²) in [5.74, 6) is -0.953. The van der Waals surface area contributed by atoms with Gasteiger partial charge in [0.1, 0.15) is 5.82 Å². The van der Waals surface area contributed by atoms with Crippen molar-refractivity contribution >= 4 is 27.3 Å². The third-order valence-corrected chi connectivity index (χ3v) is 6.19. The third-order valence-electron chi connectivity index (χ3n) is 4.14. The Labute approximate surface area is 159 Å². The van der Waals surface area contributed by atoms with Crippen molar-refractivity contribution in [2.75, 3.05) is 30.3 Å². The Balaban J connectivity index is 2.13. The first-order valence-corrected chi connectivity index (χ1v) is 10.1. The van der Waals surface area contributed by atoms with Crippen LogP contribution in [0.4, 0.5) is 15.8 Å². The SMILES string of the molecule is CCN(CC)S(=O)(=O)c1ccc(C)c(NCC(=O)Nc2ccccc2F)c1. The third kappa shape index (κ3) is 5.05. The molecule has 6 nitrogen and oxygen atoms in total. The van der Waals surface area contributed by atoms with Gasteiger partial charge in [0.2, 0.25) is 15.9 Å². The smallest absolute Gasteiger partial charge is 0.243 e. The van der Waals surface area contributed by atoms with E-state index in [-0.39, 0.29) is 17.1 Å². The van der Waals surface area contributed by atoms with Crippen LogP contribution in [-0.2, 0) is 14.8 Å². The fourth-order valence-electron chi connectivity index (χ4n) is 2.60. The molecule has 0 aliphatic heterocycles. The minimum Gasteiger partial charge on any atom is -0.376 e. The molecule has 1 amide bonds. The number of halogens is 1. The number of aryl methyl sites for hydroxylation is 1. The molecule has 0 radical (unpaired) electrons. The van der Waals surface area contributed by atoms with Crippen molar-refractivity contribution < 1.29 is 17.6 Å². The molecule has 146 valence electrons. The predicted molar refractivity (Wildman–Crippen MR) is 105 cm³/mol. The zero-order valence-electron chi connectivity index (χ0n) is 15.6. The van der Waals surface area contributed by atoms with Gasteiger partial charge >= 0.3 is 0 Å². The van der Waals surface area contributed by atoms with Crippen molar-refractivity contribution in [1.82, 2.24) is 4.31 Å². The molecular formula is C19H24FN3O3S. The summed E-state index contributed by atoms with van der Waals surface area (Å²) < 4.78 is 40.3. The molecule has 0 spiro atoms. The molecule has 2 rings (SSSR count). The van der Waals surface area contributed by atoms with Crippen LogP contribution in [0.2, 0.25) is 0 Å². The number of carbonyl (C=O) groups is 1. The summed E-state index contributed by atoms with van der Waals surface area (Å²) in [7, 11) is -3.59. The number of nitrogens with zero attached hydrogens (tertiary/aromatic N) is 1. The normalized spacial score (nSPS) is 11.4. The van der Waals surface area contributed by atoms with Crippen LogP contribution in [0, 0.1) is 12.7 Å². The first-order chi connectivity index (χ1) is 12.8. The topological polar surface area (TPSA) is 78.5 Å². The van der Waals surface area contributed by atoms with Crippen LogP contribution in [0.25, 0.3) is 0 Å². The van der Waals surface area contributed by atoms with Crippen molar-refractivity contribution in [2.24, 2.45) is 0 Å². The van der Waals surface area contributed by atoms with Gasteiger partial charge in [-0.1, -0.05) is 32.0 Å². The van der Waals surface area contributed by atoms with E-state index >= 15 is 0 Å². The monoisotopic (exact) mass is 393 g/mol. The van der Waals surface area contributed by atoms with Crippen LogP contribution in [-0.4, -0.2) is 38.3 Å². The summed E-state index contributed by atoms with van der Waals surface area (Å²) in [5.41, 5.74) is 1.43. The number of rotatable bonds is 8. The Bertz CT molecular complexity index is 912. The van der Waals surface area contributed by atoms with E-state index in [9.17, 15) is 17.6 Å². The molecule has 27 heavy (non-hydrogen) atoms. The first-order valence-electron chi connectivity index (χ1n) is 8.68. The Kier molecular flexibility index (Phi) is 6.92. The molecule has 0 heterocycles. The second kappa shape index (κ2) is 8.96. The minimum absolute atomic E-state index is 0.0962. The van der Waals surface area contributed by atoms with Crippen LogP contribution in [0.5, 0.6) is 0 Å². The molecule has 0 aliphatic rings. The molecule has 2 aromatic rings. The molecule has 0 aliphatic carbocycles. The van der Waals surface area contributed by atoms with E-state index in [4.69, 9.17) is 0 Å². The van der Waals surface area contributed by atoms with Gasteiger partial charge in [0, 0.05) is 18.8 Å². The lowest BCUT2D eigenvalue weighted by atomic mass is 10.2. The molecule has 8 heteroatoms. The number of para-hydroxylation sites is 1. The lowest BCUT2D eigenvalue weighted by Crippen LogP contribution is -2.30. The number of carbonyl (C=O) groups excluding carboxylic acids is 1. The van der Waals surface area contributed by atoms with Gasteiger partial charge in [-0.3, -0.25) is 4.79 Å². The van der Waals surface area contributed by atoms with Gasteiger partial charge in [-0.25, -0.2) is 12.8 Å². The van der Waals surface area contributed by atoms with Crippen molar-refractivity contribution in [3.8, 4) is 0 Å². The van der Waals surface area contributed by atoms with Gasteiger partial charge in [-0.05, 0) is 36.8 Å². The summed E-state index contributed by atoms with van der Waals surface area (Å²) in [6.45, 7) is 6.00. The number of nitrogens with one attached hydrogen (secondary N) is 2. The van der Waals surface area contributed by atoms with Crippen molar-refractivity contribution in [2.45, 2.75) is 25.7 Å². The standard InChI is InChI=1S/C19H24FN3O3S/c1-4-23(5-2)27(25,26)15-11-10-14(3)18(12-15)21-13-19(24)22-17-9-7-6-8-16(17)20/h6-12,21H,4-5,13H2,1-3H3,(H,22,24). The quantitative estimate of drug-likeness (QED) is 0.722. The van der Waals surface area contributed by atoms with Gasteiger partial charge in [0.25, 0.3) is 0 Å². The van der Waals surface area contributed by atoms with E-state index in [1.54, 1.807) is 32.0 Å². The maximum Gasteiger partial charge on any atom is 0.243 e. The number of hydrogen-bond acceptors (Lipinski definition) is 4. The summed E-state index contributed by atoms with van der Waals surface area (Å²) in [5, 5.41) is 5.40. The van der Waals surface area contributed by atoms with Gasteiger partial charge in [-0.15, -0.1) is 0 Å². The highest BCUT2D eigenvalue weighted by atomic mass is 32.2. The van der Waals surface area contributed by atoms with E-state index in [0.717, 1.165) is 5.56 Å². The molecule has 0 fully saturated rings. The largest absolute Gasteiger partial charge is 0.376 e. The fourth-order valence-corrected chi connectivity index (χ4v) is 4.08. The highest BCUT2D eigenvalue weighted by molar-refractivity contribution is 7.89. The van der Waals surface area contributed by atoms with Crippen LogP contribution >= 0.6 is 0 Å². The number of amides is 1. The van der Waals surface area contributed by atoms with Crippen molar-refractivity contribution in [1.29, 1.82) is 0 Å². The summed E-state index contributed by atoms with van der Waals surface area (Å²) >= 11 is 0. The van der Waals surface area contributed by atoms with Gasteiger partial charge in [-0.2, -0.15) is 4.31 Å². The zero-order chi connectivity index (χ0) is 20.0. The Morgan fingerprint density at radius 1 is 1.07 bits per heavy atom. The maximum atomic E-state index is 13.6. The number of anilines is 2. The van der Waals surface area contributed by atoms with Gasteiger partial charge < -0.3 is 10.6 Å². The zero-order valence-corrected chi connectivity index (χ0v) is 16.4. The molecule has 0 atom stereocenters. The Morgan fingerprint density at radius 2 is 1.74 bits per heavy atom. The molecule has 0 aromatic heterocycles. The summed E-state index contributed by atoms with van der Waals surface area (Å²) in [6, 6.07) is 10.6. The number of sulfonamides is 1. The Morgan fingerprint density at radius 3 is 2.37 bits per heavy atom. The minimum atomic E-state index is -3.59. The van der Waals surface area contributed by atoms with E-state index in [0.29, 0.717) is 18.8 Å². The average Bonchev–Trinajstić information content (AvgIpc) is 2.63. The lowest BCUT2D eigenvalue weighted by molar-refractivity contribution is -0.114. The van der Waals surface area contributed by atoms with Crippen molar-refractivity contribution in [3.63, 3.8) is 0 Å². The van der Waals surface area contributed by atoms with Gasteiger partial charge in [0.15, 0.2) is 0 Å². The summed E-state index contributed by atoms with van der Waals surface area (Å²) in [4.78, 5) is 12.2. The molecule has 0 saturated heterocycles. The highest BCUT2D eigenvalue weighted by Gasteiger charge is 2.22. The van der Waals surface area contributed by atoms with Crippen LogP contribution < -0.4 is 10.6 Å². The summed E-state index contributed by atoms with van der Waals surface area (Å²) in [6.07, 6.45) is 0. The van der Waals surface area contributed by atoms with Crippen LogP contribution in [0.3, 0.4) is 0 Å². The second-order valence-corrected chi connectivity index (χ2v) is 7.89. The highest BCUT2D eigenvalue weighted by Crippen LogP contribution is 2.23. The van der Waals surface area contributed by atoms with Crippen molar-refractivity contribution in [3.05, 3.63) is 53.8 Å². The molecule has 2 aromatic carbocycles. The maximum absolute atomic E-state index is 13.6. The average molecular weight is 393 g/mol. The van der Waals surface area contributed by atoms with Crippen LogP contribution in [0.1, 0.15) is 19.4 Å². The molecule has 0 bridgehead atoms. The van der Waals surface area contributed by atoms with Crippen LogP contribution in [0.15, 0.2) is 47.4 Å². The number of benzene rings is 2. The second-order valence-electron chi connectivity index (χ2n) is 5.95. The first kappa shape index (κ1) is 20.9.